The van der Waals surface area contributed by atoms with Crippen molar-refractivity contribution in [3.8, 4) is 0 Å². The number of benzene rings is 2. The second-order valence-corrected chi connectivity index (χ2v) is 6.60. The fourth-order valence-corrected chi connectivity index (χ4v) is 2.74. The summed E-state index contributed by atoms with van der Waals surface area (Å²) in [5.41, 5.74) is 0.187. The van der Waals surface area contributed by atoms with Gasteiger partial charge in [-0.2, -0.15) is 5.10 Å². The Balaban J connectivity index is 2.15. The summed E-state index contributed by atoms with van der Waals surface area (Å²) in [6, 6.07) is 10.4. The van der Waals surface area contributed by atoms with Gasteiger partial charge < -0.3 is 15.1 Å². The minimum atomic E-state index is -1.23. The van der Waals surface area contributed by atoms with Crippen molar-refractivity contribution in [2.75, 3.05) is 14.1 Å². The molecule has 0 aliphatic carbocycles. The number of nitrogens with one attached hydrogen (secondary N) is 1. The number of H-pyrrole nitrogens is 1. The number of nitro groups is 1. The summed E-state index contributed by atoms with van der Waals surface area (Å²) in [6.07, 6.45) is -1.23. The van der Waals surface area contributed by atoms with Crippen molar-refractivity contribution in [3.05, 3.63) is 79.2 Å². The van der Waals surface area contributed by atoms with E-state index in [1.807, 2.05) is 0 Å². The van der Waals surface area contributed by atoms with Crippen LogP contribution in [0.3, 0.4) is 0 Å². The molecule has 0 saturated heterocycles. The van der Waals surface area contributed by atoms with Gasteiger partial charge in [-0.3, -0.25) is 14.9 Å². The quantitative estimate of drug-likeness (QED) is 0.384. The van der Waals surface area contributed by atoms with E-state index in [-0.39, 0.29) is 22.6 Å². The van der Waals surface area contributed by atoms with Gasteiger partial charge >= 0.3 is 0 Å². The number of rotatable bonds is 5. The Morgan fingerprint density at radius 2 is 1.96 bits per heavy atom. The highest BCUT2D eigenvalue weighted by Gasteiger charge is 2.23. The molecule has 0 aliphatic rings. The van der Waals surface area contributed by atoms with Crippen molar-refractivity contribution >= 4 is 34.0 Å². The summed E-state index contributed by atoms with van der Waals surface area (Å²) >= 11 is 5.89. The first kappa shape index (κ1) is 19.5. The van der Waals surface area contributed by atoms with Gasteiger partial charge in [0.25, 0.3) is 11.2 Å². The zero-order valence-corrected chi connectivity index (χ0v) is 15.7. The van der Waals surface area contributed by atoms with E-state index in [4.69, 9.17) is 11.6 Å². The number of hydrogen-bond acceptors (Lipinski definition) is 7. The summed E-state index contributed by atoms with van der Waals surface area (Å²) < 4.78 is 0. The number of fused-ring (bicyclic) bond motifs is 1. The van der Waals surface area contributed by atoms with Crippen LogP contribution in [-0.4, -0.2) is 44.8 Å². The van der Waals surface area contributed by atoms with Crippen LogP contribution in [0.2, 0.25) is 5.02 Å². The minimum Gasteiger partial charge on any atom is -0.382 e. The van der Waals surface area contributed by atoms with Crippen LogP contribution in [0.15, 0.2) is 52.4 Å². The lowest BCUT2D eigenvalue weighted by molar-refractivity contribution is -0.384. The average Bonchev–Trinajstić information content (AvgIpc) is 2.65. The molecule has 2 aromatic carbocycles. The number of non-ortho nitro benzene ring substituents is 1. The van der Waals surface area contributed by atoms with Crippen molar-refractivity contribution < 1.29 is 10.0 Å². The van der Waals surface area contributed by atoms with Crippen LogP contribution >= 0.6 is 11.6 Å². The van der Waals surface area contributed by atoms with E-state index >= 15 is 0 Å². The van der Waals surface area contributed by atoms with Gasteiger partial charge in [0, 0.05) is 31.3 Å². The number of nitrogens with zero attached hydrogens (tertiary/aromatic N) is 4. The van der Waals surface area contributed by atoms with E-state index in [0.29, 0.717) is 16.1 Å². The molecule has 1 heterocycles. The Morgan fingerprint density at radius 1 is 1.29 bits per heavy atom. The number of aromatic amines is 1. The SMILES string of the molecule is CN(C)/N=C(\c1nc2ccc([N+](=O)[O-])cc2[nH]c1=O)[C@H](O)c1ccc(Cl)cc1. The molecule has 0 fully saturated rings. The van der Waals surface area contributed by atoms with Crippen LogP contribution in [0, 0.1) is 10.1 Å². The van der Waals surface area contributed by atoms with Gasteiger partial charge in [0.1, 0.15) is 11.8 Å². The summed E-state index contributed by atoms with van der Waals surface area (Å²) in [4.78, 5) is 29.8. The molecule has 0 amide bonds. The fraction of sp³-hybridized carbons (Fsp3) is 0.167. The molecule has 0 bridgehead atoms. The van der Waals surface area contributed by atoms with Crippen LogP contribution in [0.4, 0.5) is 5.69 Å². The number of aliphatic hydroxyl groups excluding tert-OH is 1. The van der Waals surface area contributed by atoms with Crippen molar-refractivity contribution in [3.63, 3.8) is 0 Å². The second kappa shape index (κ2) is 7.75. The predicted molar refractivity (Wildman–Crippen MR) is 106 cm³/mol. The summed E-state index contributed by atoms with van der Waals surface area (Å²) in [5, 5.41) is 27.9. The highest BCUT2D eigenvalue weighted by Crippen LogP contribution is 2.22. The second-order valence-electron chi connectivity index (χ2n) is 6.16. The Morgan fingerprint density at radius 3 is 2.57 bits per heavy atom. The number of hydrogen-bond donors (Lipinski definition) is 2. The van der Waals surface area contributed by atoms with Crippen LogP contribution in [0.5, 0.6) is 0 Å². The van der Waals surface area contributed by atoms with E-state index in [2.05, 4.69) is 15.1 Å². The molecule has 10 heteroatoms. The highest BCUT2D eigenvalue weighted by molar-refractivity contribution is 6.30. The fourth-order valence-electron chi connectivity index (χ4n) is 2.61. The Hall–Kier alpha value is -3.30. The smallest absolute Gasteiger partial charge is 0.276 e. The first-order chi connectivity index (χ1) is 13.3. The first-order valence-electron chi connectivity index (χ1n) is 8.14. The number of aromatic nitrogens is 2. The topological polar surface area (TPSA) is 125 Å². The molecule has 0 unspecified atom stereocenters. The molecule has 0 radical (unpaired) electrons. The maximum Gasteiger partial charge on any atom is 0.276 e. The average molecular weight is 402 g/mol. The lowest BCUT2D eigenvalue weighted by Gasteiger charge is -2.16. The molecular formula is C18H16ClN5O4. The number of halogens is 1. The Bertz CT molecular complexity index is 1130. The van der Waals surface area contributed by atoms with Gasteiger partial charge in [0.15, 0.2) is 5.69 Å². The molecule has 1 aromatic heterocycles. The highest BCUT2D eigenvalue weighted by atomic mass is 35.5. The van der Waals surface area contributed by atoms with Gasteiger partial charge in [-0.1, -0.05) is 23.7 Å². The first-order valence-corrected chi connectivity index (χ1v) is 8.52. The molecule has 144 valence electrons. The molecule has 1 atom stereocenters. The molecule has 0 saturated carbocycles. The third-order valence-electron chi connectivity index (χ3n) is 3.88. The molecule has 0 aliphatic heterocycles. The maximum absolute atomic E-state index is 12.6. The summed E-state index contributed by atoms with van der Waals surface area (Å²) in [5.74, 6) is 0. The van der Waals surface area contributed by atoms with E-state index in [1.54, 1.807) is 38.4 Å². The minimum absolute atomic E-state index is 0.0359. The number of nitro benzene ring substituents is 1. The lowest BCUT2D eigenvalue weighted by atomic mass is 10.0. The molecule has 0 spiro atoms. The summed E-state index contributed by atoms with van der Waals surface area (Å²) in [6.45, 7) is 0. The van der Waals surface area contributed by atoms with Crippen LogP contribution in [0.1, 0.15) is 17.4 Å². The molecular weight excluding hydrogens is 386 g/mol. The Labute approximate surface area is 164 Å². The zero-order valence-electron chi connectivity index (χ0n) is 15.0. The molecule has 3 aromatic rings. The third-order valence-corrected chi connectivity index (χ3v) is 4.13. The largest absolute Gasteiger partial charge is 0.382 e. The van der Waals surface area contributed by atoms with Crippen molar-refractivity contribution in [2.24, 2.45) is 5.10 Å². The monoisotopic (exact) mass is 401 g/mol. The molecule has 2 N–H and O–H groups in total. The van der Waals surface area contributed by atoms with Gasteiger partial charge in [-0.15, -0.1) is 0 Å². The molecule has 28 heavy (non-hydrogen) atoms. The van der Waals surface area contributed by atoms with Crippen molar-refractivity contribution in [1.29, 1.82) is 0 Å². The zero-order chi connectivity index (χ0) is 20.4. The number of hydrazone groups is 1. The van der Waals surface area contributed by atoms with E-state index in [9.17, 15) is 20.0 Å². The third kappa shape index (κ3) is 4.00. The normalized spacial score (nSPS) is 12.8. The number of aliphatic hydroxyl groups is 1. The molecule has 9 nitrogen and oxygen atoms in total. The summed E-state index contributed by atoms with van der Waals surface area (Å²) in [7, 11) is 3.29. The predicted octanol–water partition coefficient (Wildman–Crippen LogP) is 2.48. The standard InChI is InChI=1S/C18H16ClN5O4/c1-23(2)22-15(17(25)10-3-5-11(19)6-4-10)16-18(26)21-14-9-12(24(27)28)7-8-13(14)20-16/h3-9,17,25H,1-2H3,(H,21,26)/b22-15+/t17-/m1/s1. The lowest BCUT2D eigenvalue weighted by Crippen LogP contribution is -2.27. The van der Waals surface area contributed by atoms with E-state index < -0.39 is 16.6 Å². The van der Waals surface area contributed by atoms with Crippen LogP contribution in [0.25, 0.3) is 11.0 Å². The van der Waals surface area contributed by atoms with Gasteiger partial charge in [0.05, 0.1) is 16.0 Å². The molecule has 3 rings (SSSR count). The van der Waals surface area contributed by atoms with E-state index in [0.717, 1.165) is 0 Å². The van der Waals surface area contributed by atoms with Crippen molar-refractivity contribution in [2.45, 2.75) is 6.10 Å². The van der Waals surface area contributed by atoms with Crippen molar-refractivity contribution in [1.82, 2.24) is 15.0 Å². The van der Waals surface area contributed by atoms with Gasteiger partial charge in [0.2, 0.25) is 0 Å². The Kier molecular flexibility index (Phi) is 5.39. The van der Waals surface area contributed by atoms with Gasteiger partial charge in [-0.25, -0.2) is 4.98 Å². The maximum atomic E-state index is 12.6. The van der Waals surface area contributed by atoms with E-state index in [1.165, 1.54) is 23.2 Å². The van der Waals surface area contributed by atoms with Crippen LogP contribution < -0.4 is 5.56 Å². The van der Waals surface area contributed by atoms with Gasteiger partial charge in [-0.05, 0) is 23.8 Å². The van der Waals surface area contributed by atoms with Crippen LogP contribution in [-0.2, 0) is 0 Å².